The molecular weight excluding hydrogens is 248 g/mol. The summed E-state index contributed by atoms with van der Waals surface area (Å²) in [5, 5.41) is 9.06. The van der Waals surface area contributed by atoms with Gasteiger partial charge in [-0.25, -0.2) is 4.98 Å². The van der Waals surface area contributed by atoms with Gasteiger partial charge in [-0.2, -0.15) is 0 Å². The molecule has 2 rings (SSSR count). The first-order valence-electron chi connectivity index (χ1n) is 7.74. The van der Waals surface area contributed by atoms with Crippen LogP contribution in [0.3, 0.4) is 0 Å². The van der Waals surface area contributed by atoms with Crippen LogP contribution in [0.5, 0.6) is 0 Å². The van der Waals surface area contributed by atoms with Gasteiger partial charge in [0.2, 0.25) is 0 Å². The Morgan fingerprint density at radius 2 is 2.10 bits per heavy atom. The van der Waals surface area contributed by atoms with Crippen LogP contribution < -0.4 is 0 Å². The smallest absolute Gasteiger partial charge is 0.109 e. The Balaban J connectivity index is 2.37. The van der Waals surface area contributed by atoms with Crippen LogP contribution in [0.2, 0.25) is 0 Å². The molecule has 0 unspecified atom stereocenters. The maximum Gasteiger partial charge on any atom is 0.109 e. The zero-order chi connectivity index (χ0) is 14.5. The Morgan fingerprint density at radius 3 is 2.75 bits per heavy atom. The van der Waals surface area contributed by atoms with Gasteiger partial charge in [0.15, 0.2) is 0 Å². The van der Waals surface area contributed by atoms with Crippen LogP contribution in [0.4, 0.5) is 0 Å². The molecule has 0 aliphatic carbocycles. The Kier molecular flexibility index (Phi) is 5.18. The van der Waals surface area contributed by atoms with E-state index in [0.717, 1.165) is 43.6 Å². The van der Waals surface area contributed by atoms with Crippen molar-refractivity contribution < 1.29 is 5.11 Å². The summed E-state index contributed by atoms with van der Waals surface area (Å²) in [4.78, 5) is 4.79. The van der Waals surface area contributed by atoms with Crippen molar-refractivity contribution >= 4 is 11.0 Å². The zero-order valence-corrected chi connectivity index (χ0v) is 12.9. The van der Waals surface area contributed by atoms with Gasteiger partial charge >= 0.3 is 0 Å². The number of aliphatic hydroxyl groups excluding tert-OH is 1. The lowest BCUT2D eigenvalue weighted by Gasteiger charge is -2.11. The number of aromatic nitrogens is 2. The van der Waals surface area contributed by atoms with Crippen molar-refractivity contribution in [1.29, 1.82) is 0 Å². The van der Waals surface area contributed by atoms with Gasteiger partial charge in [0.1, 0.15) is 5.82 Å². The highest BCUT2D eigenvalue weighted by atomic mass is 16.2. The molecule has 1 heterocycles. The molecule has 0 atom stereocenters. The predicted molar refractivity (Wildman–Crippen MR) is 84.0 cm³/mol. The number of aryl methyl sites for hydroxylation is 3. The Bertz CT molecular complexity index is 557. The van der Waals surface area contributed by atoms with E-state index in [1.807, 2.05) is 0 Å². The minimum atomic E-state index is 0.230. The molecular formula is C17H26N2O. The highest BCUT2D eigenvalue weighted by Gasteiger charge is 2.11. The third kappa shape index (κ3) is 3.40. The number of hydrogen-bond acceptors (Lipinski definition) is 2. The monoisotopic (exact) mass is 274 g/mol. The van der Waals surface area contributed by atoms with Crippen LogP contribution in [0.25, 0.3) is 11.0 Å². The quantitative estimate of drug-likeness (QED) is 0.838. The van der Waals surface area contributed by atoms with Crippen molar-refractivity contribution in [2.45, 2.75) is 53.0 Å². The lowest BCUT2D eigenvalue weighted by molar-refractivity contribution is 0.286. The summed E-state index contributed by atoms with van der Waals surface area (Å²) in [7, 11) is 0. The van der Waals surface area contributed by atoms with Crippen molar-refractivity contribution in [3.05, 3.63) is 29.6 Å². The first-order chi connectivity index (χ1) is 9.65. The first-order valence-corrected chi connectivity index (χ1v) is 7.74. The molecule has 0 radical (unpaired) electrons. The number of nitrogens with zero attached hydrogens (tertiary/aromatic N) is 2. The van der Waals surface area contributed by atoms with Gasteiger partial charge in [0, 0.05) is 19.6 Å². The van der Waals surface area contributed by atoms with Gasteiger partial charge in [-0.15, -0.1) is 0 Å². The van der Waals surface area contributed by atoms with E-state index >= 15 is 0 Å². The maximum atomic E-state index is 9.06. The first kappa shape index (κ1) is 15.0. The van der Waals surface area contributed by atoms with Crippen LogP contribution in [-0.4, -0.2) is 21.3 Å². The molecule has 0 saturated heterocycles. The second kappa shape index (κ2) is 6.89. The molecule has 0 fully saturated rings. The molecule has 110 valence electrons. The fraction of sp³-hybridized carbons (Fsp3) is 0.588. The summed E-state index contributed by atoms with van der Waals surface area (Å²) in [6.07, 6.45) is 3.84. The van der Waals surface area contributed by atoms with E-state index < -0.39 is 0 Å². The average molecular weight is 274 g/mol. The van der Waals surface area contributed by atoms with Crippen molar-refractivity contribution in [3.8, 4) is 0 Å². The normalized spacial score (nSPS) is 11.7. The van der Waals surface area contributed by atoms with Crippen LogP contribution in [0.1, 0.15) is 45.0 Å². The standard InChI is InChI=1S/C17H26N2O/c1-4-14-7-8-16-15(12-14)18-17(6-5-11-20)19(16)10-9-13(2)3/h7-8,12-13,20H,4-6,9-11H2,1-3H3. The Morgan fingerprint density at radius 1 is 1.30 bits per heavy atom. The molecule has 1 aromatic carbocycles. The van der Waals surface area contributed by atoms with E-state index in [0.29, 0.717) is 5.92 Å². The van der Waals surface area contributed by atoms with Gasteiger partial charge in [-0.3, -0.25) is 0 Å². The Hall–Kier alpha value is -1.35. The van der Waals surface area contributed by atoms with Gasteiger partial charge < -0.3 is 9.67 Å². The second-order valence-electron chi connectivity index (χ2n) is 5.87. The third-order valence-corrected chi connectivity index (χ3v) is 3.79. The molecule has 3 nitrogen and oxygen atoms in total. The predicted octanol–water partition coefficient (Wildman–Crippen LogP) is 3.57. The minimum Gasteiger partial charge on any atom is -0.396 e. The summed E-state index contributed by atoms with van der Waals surface area (Å²) in [6, 6.07) is 6.60. The van der Waals surface area contributed by atoms with Crippen LogP contribution in [0, 0.1) is 5.92 Å². The van der Waals surface area contributed by atoms with E-state index in [1.165, 1.54) is 11.1 Å². The molecule has 2 aromatic rings. The molecule has 3 heteroatoms. The van der Waals surface area contributed by atoms with Gasteiger partial charge in [-0.1, -0.05) is 26.8 Å². The highest BCUT2D eigenvalue weighted by Crippen LogP contribution is 2.20. The van der Waals surface area contributed by atoms with E-state index in [1.54, 1.807) is 0 Å². The summed E-state index contributed by atoms with van der Waals surface area (Å²) >= 11 is 0. The van der Waals surface area contributed by atoms with Crippen LogP contribution in [0.15, 0.2) is 18.2 Å². The summed E-state index contributed by atoms with van der Waals surface area (Å²) in [6.45, 7) is 7.92. The van der Waals surface area contributed by atoms with Crippen molar-refractivity contribution in [1.82, 2.24) is 9.55 Å². The number of aliphatic hydroxyl groups is 1. The lowest BCUT2D eigenvalue weighted by Crippen LogP contribution is -2.07. The van der Waals surface area contributed by atoms with Gasteiger partial charge in [-0.05, 0) is 42.9 Å². The number of imidazole rings is 1. The zero-order valence-electron chi connectivity index (χ0n) is 12.9. The molecule has 0 spiro atoms. The van der Waals surface area contributed by atoms with E-state index in [-0.39, 0.29) is 6.61 Å². The highest BCUT2D eigenvalue weighted by molar-refractivity contribution is 5.77. The van der Waals surface area contributed by atoms with Crippen molar-refractivity contribution in [2.24, 2.45) is 5.92 Å². The van der Waals surface area contributed by atoms with E-state index in [9.17, 15) is 0 Å². The molecule has 0 aliphatic rings. The molecule has 0 amide bonds. The maximum absolute atomic E-state index is 9.06. The average Bonchev–Trinajstić information content (AvgIpc) is 2.79. The van der Waals surface area contributed by atoms with E-state index in [2.05, 4.69) is 43.5 Å². The van der Waals surface area contributed by atoms with E-state index in [4.69, 9.17) is 10.1 Å². The molecule has 1 N–H and O–H groups in total. The molecule has 0 aliphatic heterocycles. The topological polar surface area (TPSA) is 38.1 Å². The summed E-state index contributed by atoms with van der Waals surface area (Å²) < 4.78 is 2.34. The van der Waals surface area contributed by atoms with Gasteiger partial charge in [0.05, 0.1) is 11.0 Å². The SMILES string of the molecule is CCc1ccc2c(c1)nc(CCCO)n2CCC(C)C. The lowest BCUT2D eigenvalue weighted by atomic mass is 10.1. The molecule has 0 bridgehead atoms. The Labute approximate surface area is 121 Å². The van der Waals surface area contributed by atoms with Crippen molar-refractivity contribution in [3.63, 3.8) is 0 Å². The van der Waals surface area contributed by atoms with Crippen LogP contribution >= 0.6 is 0 Å². The minimum absolute atomic E-state index is 0.230. The number of rotatable bonds is 7. The molecule has 20 heavy (non-hydrogen) atoms. The summed E-state index contributed by atoms with van der Waals surface area (Å²) in [5.74, 6) is 1.80. The summed E-state index contributed by atoms with van der Waals surface area (Å²) in [5.41, 5.74) is 3.66. The number of benzene rings is 1. The van der Waals surface area contributed by atoms with Gasteiger partial charge in [0.25, 0.3) is 0 Å². The molecule has 1 aromatic heterocycles. The van der Waals surface area contributed by atoms with Crippen molar-refractivity contribution in [2.75, 3.05) is 6.61 Å². The number of fused-ring (bicyclic) bond motifs is 1. The second-order valence-corrected chi connectivity index (χ2v) is 5.87. The largest absolute Gasteiger partial charge is 0.396 e. The number of hydrogen-bond donors (Lipinski definition) is 1. The van der Waals surface area contributed by atoms with Crippen LogP contribution in [-0.2, 0) is 19.4 Å². The fourth-order valence-electron chi connectivity index (χ4n) is 2.51. The molecule has 0 saturated carbocycles. The fourth-order valence-corrected chi connectivity index (χ4v) is 2.51. The third-order valence-electron chi connectivity index (χ3n) is 3.79.